The third-order valence-corrected chi connectivity index (χ3v) is 2.02. The molecular weight excluding hydrogens is 199 g/mol. The molecule has 0 aromatic heterocycles. The van der Waals surface area contributed by atoms with E-state index < -0.39 is 11.7 Å². The Hall–Kier alpha value is -1.62. The zero-order valence-electron chi connectivity index (χ0n) is 8.40. The first kappa shape index (κ1) is 11.5. The number of carbonyl (C=O) groups excluding carboxylic acids is 1. The second kappa shape index (κ2) is 4.75. The molecule has 1 aromatic carbocycles. The van der Waals surface area contributed by atoms with Crippen LogP contribution in [0.3, 0.4) is 0 Å². The Morgan fingerprint density at radius 3 is 2.80 bits per heavy atom. The molecule has 0 radical (unpaired) electrons. The molecule has 4 nitrogen and oxygen atoms in total. The highest BCUT2D eigenvalue weighted by Gasteiger charge is 2.19. The second-order valence-corrected chi connectivity index (χ2v) is 3.15. The maximum Gasteiger partial charge on any atom is 0.260 e. The largest absolute Gasteiger partial charge is 0.507 e. The van der Waals surface area contributed by atoms with Crippen molar-refractivity contribution < 1.29 is 14.3 Å². The molecule has 0 unspecified atom stereocenters. The minimum Gasteiger partial charge on any atom is -0.507 e. The molecule has 3 N–H and O–H groups in total. The highest BCUT2D eigenvalue weighted by molar-refractivity contribution is 5.96. The van der Waals surface area contributed by atoms with Crippen LogP contribution < -0.4 is 5.73 Å². The van der Waals surface area contributed by atoms with Gasteiger partial charge in [0.25, 0.3) is 5.91 Å². The zero-order chi connectivity index (χ0) is 11.4. The number of carbonyl (C=O) groups is 1. The zero-order valence-corrected chi connectivity index (χ0v) is 8.40. The van der Waals surface area contributed by atoms with Crippen LogP contribution in [-0.2, 0) is 0 Å². The van der Waals surface area contributed by atoms with Gasteiger partial charge in [0.05, 0.1) is 0 Å². The van der Waals surface area contributed by atoms with E-state index in [1.807, 2.05) is 0 Å². The fourth-order valence-corrected chi connectivity index (χ4v) is 1.21. The van der Waals surface area contributed by atoms with Crippen molar-refractivity contribution in [3.63, 3.8) is 0 Å². The van der Waals surface area contributed by atoms with E-state index in [2.05, 4.69) is 0 Å². The van der Waals surface area contributed by atoms with Crippen LogP contribution in [0.15, 0.2) is 18.2 Å². The quantitative estimate of drug-likeness (QED) is 0.769. The average molecular weight is 212 g/mol. The van der Waals surface area contributed by atoms with E-state index in [4.69, 9.17) is 5.73 Å². The lowest BCUT2D eigenvalue weighted by atomic mass is 10.1. The first-order valence-electron chi connectivity index (χ1n) is 4.51. The number of phenolic OH excluding ortho intramolecular Hbond substituents is 1. The van der Waals surface area contributed by atoms with Gasteiger partial charge >= 0.3 is 0 Å². The lowest BCUT2D eigenvalue weighted by Crippen LogP contribution is -2.32. The van der Waals surface area contributed by atoms with Crippen molar-refractivity contribution >= 4 is 5.91 Å². The number of aromatic hydroxyl groups is 1. The number of halogens is 1. The topological polar surface area (TPSA) is 66.6 Å². The summed E-state index contributed by atoms with van der Waals surface area (Å²) in [5, 5.41) is 9.36. The third-order valence-electron chi connectivity index (χ3n) is 2.02. The summed E-state index contributed by atoms with van der Waals surface area (Å²) in [6, 6.07) is 3.74. The molecule has 0 spiro atoms. The van der Waals surface area contributed by atoms with E-state index in [1.165, 1.54) is 24.1 Å². The van der Waals surface area contributed by atoms with Gasteiger partial charge in [-0.05, 0) is 12.1 Å². The predicted octanol–water partition coefficient (Wildman–Crippen LogP) is 0.562. The third kappa shape index (κ3) is 2.44. The van der Waals surface area contributed by atoms with Gasteiger partial charge in [0, 0.05) is 20.1 Å². The molecule has 0 aliphatic carbocycles. The van der Waals surface area contributed by atoms with Gasteiger partial charge in [0.2, 0.25) is 0 Å². The van der Waals surface area contributed by atoms with Crippen LogP contribution in [0, 0.1) is 5.82 Å². The summed E-state index contributed by atoms with van der Waals surface area (Å²) in [5.41, 5.74) is 4.96. The Balaban J connectivity index is 3.00. The van der Waals surface area contributed by atoms with E-state index >= 15 is 0 Å². The van der Waals surface area contributed by atoms with Gasteiger partial charge in [-0.3, -0.25) is 4.79 Å². The Kier molecular flexibility index (Phi) is 3.62. The molecule has 0 atom stereocenters. The van der Waals surface area contributed by atoms with Gasteiger partial charge in [0.15, 0.2) is 0 Å². The summed E-state index contributed by atoms with van der Waals surface area (Å²) in [4.78, 5) is 12.9. The molecule has 0 aliphatic heterocycles. The molecule has 5 heteroatoms. The smallest absolute Gasteiger partial charge is 0.260 e. The van der Waals surface area contributed by atoms with Crippen molar-refractivity contribution in [2.45, 2.75) is 0 Å². The van der Waals surface area contributed by atoms with Crippen molar-refractivity contribution in [1.29, 1.82) is 0 Å². The number of hydrogen-bond acceptors (Lipinski definition) is 3. The number of amides is 1. The Morgan fingerprint density at radius 2 is 2.27 bits per heavy atom. The second-order valence-electron chi connectivity index (χ2n) is 3.15. The van der Waals surface area contributed by atoms with Gasteiger partial charge in [-0.2, -0.15) is 0 Å². The van der Waals surface area contributed by atoms with E-state index in [0.717, 1.165) is 6.07 Å². The van der Waals surface area contributed by atoms with Crippen LogP contribution in [0.4, 0.5) is 4.39 Å². The van der Waals surface area contributed by atoms with Crippen LogP contribution in [-0.4, -0.2) is 36.1 Å². The molecule has 1 aromatic rings. The van der Waals surface area contributed by atoms with E-state index in [9.17, 15) is 14.3 Å². The van der Waals surface area contributed by atoms with Crippen LogP contribution in [0.1, 0.15) is 10.4 Å². The van der Waals surface area contributed by atoms with Crippen LogP contribution in [0.2, 0.25) is 0 Å². The fraction of sp³-hybridized carbons (Fsp3) is 0.300. The molecule has 0 heterocycles. The summed E-state index contributed by atoms with van der Waals surface area (Å²) < 4.78 is 13.3. The first-order valence-corrected chi connectivity index (χ1v) is 4.51. The van der Waals surface area contributed by atoms with Gasteiger partial charge in [0.1, 0.15) is 17.1 Å². The Bertz CT molecular complexity index is 348. The molecule has 15 heavy (non-hydrogen) atoms. The maximum atomic E-state index is 13.3. The average Bonchev–Trinajstić information content (AvgIpc) is 2.17. The Labute approximate surface area is 87.1 Å². The molecule has 0 bridgehead atoms. The van der Waals surface area contributed by atoms with E-state index in [0.29, 0.717) is 6.54 Å². The number of likely N-dealkylation sites (N-methyl/N-ethyl adjacent to an activating group) is 1. The molecule has 1 rings (SSSR count). The van der Waals surface area contributed by atoms with Gasteiger partial charge in [-0.25, -0.2) is 4.39 Å². The van der Waals surface area contributed by atoms with Gasteiger partial charge < -0.3 is 15.7 Å². The summed E-state index contributed by atoms with van der Waals surface area (Å²) >= 11 is 0. The monoisotopic (exact) mass is 212 g/mol. The first-order chi connectivity index (χ1) is 7.07. The molecule has 0 fully saturated rings. The molecule has 82 valence electrons. The lowest BCUT2D eigenvalue weighted by Gasteiger charge is -2.16. The van der Waals surface area contributed by atoms with Gasteiger partial charge in [-0.15, -0.1) is 0 Å². The fourth-order valence-electron chi connectivity index (χ4n) is 1.21. The molecule has 0 aliphatic rings. The number of nitrogens with zero attached hydrogens (tertiary/aromatic N) is 1. The molecular formula is C10H13FN2O2. The summed E-state index contributed by atoms with van der Waals surface area (Å²) in [5.74, 6) is -1.66. The van der Waals surface area contributed by atoms with Crippen LogP contribution in [0.5, 0.6) is 5.75 Å². The van der Waals surface area contributed by atoms with Crippen molar-refractivity contribution in [3.8, 4) is 5.75 Å². The van der Waals surface area contributed by atoms with Crippen molar-refractivity contribution in [1.82, 2.24) is 4.90 Å². The Morgan fingerprint density at radius 1 is 1.60 bits per heavy atom. The summed E-state index contributed by atoms with van der Waals surface area (Å²) in [6.45, 7) is 0.601. The number of phenols is 1. The lowest BCUT2D eigenvalue weighted by molar-refractivity contribution is 0.0791. The maximum absolute atomic E-state index is 13.3. The molecule has 1 amide bonds. The van der Waals surface area contributed by atoms with Crippen LogP contribution in [0.25, 0.3) is 0 Å². The SMILES string of the molecule is CN(CCN)C(=O)c1c(O)cccc1F. The van der Waals surface area contributed by atoms with E-state index in [-0.39, 0.29) is 17.9 Å². The highest BCUT2D eigenvalue weighted by atomic mass is 19.1. The van der Waals surface area contributed by atoms with Crippen LogP contribution >= 0.6 is 0 Å². The summed E-state index contributed by atoms with van der Waals surface area (Å²) in [7, 11) is 1.50. The van der Waals surface area contributed by atoms with Crippen molar-refractivity contribution in [2.24, 2.45) is 5.73 Å². The number of benzene rings is 1. The molecule has 0 saturated heterocycles. The minimum absolute atomic E-state index is 0.289. The number of rotatable bonds is 3. The highest BCUT2D eigenvalue weighted by Crippen LogP contribution is 2.20. The predicted molar refractivity (Wildman–Crippen MR) is 54.1 cm³/mol. The number of hydrogen-bond donors (Lipinski definition) is 2. The van der Waals surface area contributed by atoms with Gasteiger partial charge in [-0.1, -0.05) is 6.07 Å². The van der Waals surface area contributed by atoms with E-state index in [1.54, 1.807) is 0 Å². The summed E-state index contributed by atoms with van der Waals surface area (Å²) in [6.07, 6.45) is 0. The standard InChI is InChI=1S/C10H13FN2O2/c1-13(6-5-12)10(15)9-7(11)3-2-4-8(9)14/h2-4,14H,5-6,12H2,1H3. The van der Waals surface area contributed by atoms with Crippen molar-refractivity contribution in [3.05, 3.63) is 29.6 Å². The molecule has 0 saturated carbocycles. The van der Waals surface area contributed by atoms with Crippen molar-refractivity contribution in [2.75, 3.05) is 20.1 Å². The number of nitrogens with two attached hydrogens (primary N) is 1. The minimum atomic E-state index is -0.733. The normalized spacial score (nSPS) is 10.1.